The maximum Gasteiger partial charge on any atom is 0.105 e. The van der Waals surface area contributed by atoms with Crippen molar-refractivity contribution in [1.29, 1.82) is 0 Å². The van der Waals surface area contributed by atoms with Crippen LogP contribution in [-0.2, 0) is 4.74 Å². The minimum atomic E-state index is 0.366. The number of nitrogens with zero attached hydrogens (tertiary/aromatic N) is 1. The number of aryl methyl sites for hydroxylation is 2. The Morgan fingerprint density at radius 1 is 1.50 bits per heavy atom. The van der Waals surface area contributed by atoms with Gasteiger partial charge in [0.05, 0.1) is 6.61 Å². The first kappa shape index (κ1) is 15.5. The predicted molar refractivity (Wildman–Crippen MR) is 81.1 cm³/mol. The quantitative estimate of drug-likeness (QED) is 0.833. The molecule has 0 saturated carbocycles. The molecule has 1 fully saturated rings. The van der Waals surface area contributed by atoms with E-state index in [1.54, 1.807) is 7.11 Å². The van der Waals surface area contributed by atoms with Gasteiger partial charge in [-0.2, -0.15) is 0 Å². The molecule has 0 radical (unpaired) electrons. The van der Waals surface area contributed by atoms with E-state index in [4.69, 9.17) is 9.15 Å². The highest BCUT2D eigenvalue weighted by molar-refractivity contribution is 5.23. The molecule has 0 spiro atoms. The molecule has 4 heteroatoms. The lowest BCUT2D eigenvalue weighted by Crippen LogP contribution is -2.40. The van der Waals surface area contributed by atoms with Gasteiger partial charge in [-0.15, -0.1) is 0 Å². The third-order valence-electron chi connectivity index (χ3n) is 4.28. The Morgan fingerprint density at radius 3 is 2.85 bits per heavy atom. The SMILES string of the molecule is COCCN(CC1CCCN1)C(C)c1cc(C)oc1C. The van der Waals surface area contributed by atoms with Gasteiger partial charge in [-0.25, -0.2) is 0 Å². The van der Waals surface area contributed by atoms with E-state index in [9.17, 15) is 0 Å². The van der Waals surface area contributed by atoms with Gasteiger partial charge >= 0.3 is 0 Å². The van der Waals surface area contributed by atoms with Crippen molar-refractivity contribution in [3.05, 3.63) is 23.2 Å². The number of rotatable bonds is 7. The Kier molecular flexibility index (Phi) is 5.64. The average Bonchev–Trinajstić information content (AvgIpc) is 3.03. The molecule has 2 unspecified atom stereocenters. The molecular formula is C16H28N2O2. The molecule has 20 heavy (non-hydrogen) atoms. The second-order valence-corrected chi connectivity index (χ2v) is 5.83. The van der Waals surface area contributed by atoms with Crippen molar-refractivity contribution in [3.63, 3.8) is 0 Å². The van der Waals surface area contributed by atoms with E-state index in [2.05, 4.69) is 30.1 Å². The maximum atomic E-state index is 5.69. The molecule has 0 bridgehead atoms. The molecule has 1 aliphatic rings. The van der Waals surface area contributed by atoms with E-state index in [0.29, 0.717) is 12.1 Å². The third kappa shape index (κ3) is 3.84. The van der Waals surface area contributed by atoms with Crippen LogP contribution in [0.3, 0.4) is 0 Å². The first-order valence-corrected chi connectivity index (χ1v) is 7.65. The Balaban J connectivity index is 2.05. The number of ether oxygens (including phenoxy) is 1. The molecule has 2 rings (SSSR count). The molecule has 0 aromatic carbocycles. The Labute approximate surface area is 122 Å². The summed E-state index contributed by atoms with van der Waals surface area (Å²) in [5, 5.41) is 3.58. The molecule has 0 amide bonds. The minimum Gasteiger partial charge on any atom is -0.466 e. The van der Waals surface area contributed by atoms with E-state index in [1.165, 1.54) is 18.4 Å². The summed E-state index contributed by atoms with van der Waals surface area (Å²) < 4.78 is 11.0. The fourth-order valence-corrected chi connectivity index (χ4v) is 3.11. The summed E-state index contributed by atoms with van der Waals surface area (Å²) in [5.74, 6) is 2.03. The lowest BCUT2D eigenvalue weighted by molar-refractivity contribution is 0.117. The summed E-state index contributed by atoms with van der Waals surface area (Å²) in [6, 6.07) is 3.15. The van der Waals surface area contributed by atoms with Crippen molar-refractivity contribution in [3.8, 4) is 0 Å². The van der Waals surface area contributed by atoms with E-state index in [-0.39, 0.29) is 0 Å². The number of methoxy groups -OCH3 is 1. The predicted octanol–water partition coefficient (Wildman–Crippen LogP) is 2.66. The Bertz CT molecular complexity index is 411. The van der Waals surface area contributed by atoms with Gasteiger partial charge in [-0.1, -0.05) is 0 Å². The molecule has 1 aromatic rings. The lowest BCUT2D eigenvalue weighted by atomic mass is 10.1. The summed E-state index contributed by atoms with van der Waals surface area (Å²) in [6.07, 6.45) is 2.57. The van der Waals surface area contributed by atoms with Gasteiger partial charge < -0.3 is 14.5 Å². The van der Waals surface area contributed by atoms with Gasteiger partial charge in [-0.3, -0.25) is 4.90 Å². The van der Waals surface area contributed by atoms with Crippen molar-refractivity contribution in [2.75, 3.05) is 33.4 Å². The molecule has 2 heterocycles. The van der Waals surface area contributed by atoms with Gasteiger partial charge in [-0.05, 0) is 46.2 Å². The molecule has 1 aliphatic heterocycles. The summed E-state index contributed by atoms with van der Waals surface area (Å²) >= 11 is 0. The fraction of sp³-hybridized carbons (Fsp3) is 0.750. The smallest absolute Gasteiger partial charge is 0.105 e. The van der Waals surface area contributed by atoms with E-state index >= 15 is 0 Å². The highest BCUT2D eigenvalue weighted by Crippen LogP contribution is 2.27. The maximum absolute atomic E-state index is 5.69. The van der Waals surface area contributed by atoms with Crippen molar-refractivity contribution >= 4 is 0 Å². The number of nitrogens with one attached hydrogen (secondary N) is 1. The fourth-order valence-electron chi connectivity index (χ4n) is 3.11. The summed E-state index contributed by atoms with van der Waals surface area (Å²) in [6.45, 7) is 10.3. The van der Waals surface area contributed by atoms with E-state index in [0.717, 1.165) is 37.8 Å². The van der Waals surface area contributed by atoms with Crippen molar-refractivity contribution in [2.45, 2.75) is 45.7 Å². The van der Waals surface area contributed by atoms with Crippen LogP contribution in [0.4, 0.5) is 0 Å². The zero-order valence-corrected chi connectivity index (χ0v) is 13.2. The van der Waals surface area contributed by atoms with Crippen LogP contribution in [0.2, 0.25) is 0 Å². The molecule has 2 atom stereocenters. The summed E-state index contributed by atoms with van der Waals surface area (Å²) in [5.41, 5.74) is 1.30. The second kappa shape index (κ2) is 7.25. The molecule has 1 N–H and O–H groups in total. The van der Waals surface area contributed by atoms with Crippen LogP contribution in [0.15, 0.2) is 10.5 Å². The van der Waals surface area contributed by atoms with Crippen LogP contribution >= 0.6 is 0 Å². The Hall–Kier alpha value is -0.840. The van der Waals surface area contributed by atoms with Gasteiger partial charge in [0, 0.05) is 37.8 Å². The van der Waals surface area contributed by atoms with Crippen molar-refractivity contribution < 1.29 is 9.15 Å². The molecule has 114 valence electrons. The summed E-state index contributed by atoms with van der Waals surface area (Å²) in [7, 11) is 1.77. The monoisotopic (exact) mass is 280 g/mol. The third-order valence-corrected chi connectivity index (χ3v) is 4.28. The molecular weight excluding hydrogens is 252 g/mol. The Morgan fingerprint density at radius 2 is 2.30 bits per heavy atom. The topological polar surface area (TPSA) is 37.6 Å². The lowest BCUT2D eigenvalue weighted by Gasteiger charge is -2.31. The van der Waals surface area contributed by atoms with Gasteiger partial charge in [0.2, 0.25) is 0 Å². The minimum absolute atomic E-state index is 0.366. The van der Waals surface area contributed by atoms with Crippen LogP contribution in [0.25, 0.3) is 0 Å². The van der Waals surface area contributed by atoms with Crippen LogP contribution in [0.5, 0.6) is 0 Å². The van der Waals surface area contributed by atoms with E-state index < -0.39 is 0 Å². The summed E-state index contributed by atoms with van der Waals surface area (Å²) in [4.78, 5) is 2.50. The standard InChI is InChI=1S/C16H28N2O2/c1-12-10-16(14(3)20-12)13(2)18(8-9-19-4)11-15-6-5-7-17-15/h10,13,15,17H,5-9,11H2,1-4H3. The van der Waals surface area contributed by atoms with Crippen LogP contribution < -0.4 is 5.32 Å². The molecule has 0 aliphatic carbocycles. The van der Waals surface area contributed by atoms with E-state index in [1.807, 2.05) is 6.92 Å². The number of furan rings is 1. The normalized spacial score (nSPS) is 20.8. The number of hydrogen-bond acceptors (Lipinski definition) is 4. The first-order chi connectivity index (χ1) is 9.61. The molecule has 1 aromatic heterocycles. The number of hydrogen-bond donors (Lipinski definition) is 1. The molecule has 1 saturated heterocycles. The van der Waals surface area contributed by atoms with Crippen LogP contribution in [0, 0.1) is 13.8 Å². The zero-order chi connectivity index (χ0) is 14.5. The first-order valence-electron chi connectivity index (χ1n) is 7.65. The largest absolute Gasteiger partial charge is 0.466 e. The molecule has 4 nitrogen and oxygen atoms in total. The van der Waals surface area contributed by atoms with Gasteiger partial charge in [0.15, 0.2) is 0 Å². The van der Waals surface area contributed by atoms with Crippen LogP contribution in [0.1, 0.15) is 42.9 Å². The zero-order valence-electron chi connectivity index (χ0n) is 13.2. The highest BCUT2D eigenvalue weighted by atomic mass is 16.5. The van der Waals surface area contributed by atoms with Crippen molar-refractivity contribution in [1.82, 2.24) is 10.2 Å². The highest BCUT2D eigenvalue weighted by Gasteiger charge is 2.24. The van der Waals surface area contributed by atoms with Gasteiger partial charge in [0.25, 0.3) is 0 Å². The van der Waals surface area contributed by atoms with Crippen LogP contribution in [-0.4, -0.2) is 44.3 Å². The second-order valence-electron chi connectivity index (χ2n) is 5.83. The van der Waals surface area contributed by atoms with Gasteiger partial charge in [0.1, 0.15) is 11.5 Å². The van der Waals surface area contributed by atoms with Crippen molar-refractivity contribution in [2.24, 2.45) is 0 Å². The average molecular weight is 280 g/mol.